The van der Waals surface area contributed by atoms with Gasteiger partial charge in [0.25, 0.3) is 0 Å². The largest absolute Gasteiger partial charge is 0.497 e. The summed E-state index contributed by atoms with van der Waals surface area (Å²) in [5.74, 6) is 3.33. The standard InChI is InChI=1S/C19H15BrN2O3S/c1-23-13-5-3-4-10(7-13)17-21-18-14(19(26)22-17)8-11-6-12(20)9-15(24-2)16(11)25-18/h3-7,9H,8H2,1-2H3,(H,21,22,26). The fraction of sp³-hybridized carbons (Fsp3) is 0.158. The van der Waals surface area contributed by atoms with E-state index in [-0.39, 0.29) is 0 Å². The highest BCUT2D eigenvalue weighted by Crippen LogP contribution is 2.43. The van der Waals surface area contributed by atoms with Crippen molar-refractivity contribution in [2.45, 2.75) is 6.42 Å². The fourth-order valence-electron chi connectivity index (χ4n) is 2.94. The van der Waals surface area contributed by atoms with E-state index in [4.69, 9.17) is 26.4 Å². The van der Waals surface area contributed by atoms with Crippen LogP contribution in [0.15, 0.2) is 40.9 Å². The summed E-state index contributed by atoms with van der Waals surface area (Å²) in [6.45, 7) is 0. The van der Waals surface area contributed by atoms with Gasteiger partial charge in [0.15, 0.2) is 11.5 Å². The highest BCUT2D eigenvalue weighted by atomic mass is 79.9. The molecule has 1 aliphatic rings. The summed E-state index contributed by atoms with van der Waals surface area (Å²) in [7, 11) is 3.25. The lowest BCUT2D eigenvalue weighted by molar-refractivity contribution is 0.365. The summed E-state index contributed by atoms with van der Waals surface area (Å²) in [5, 5.41) is 0. The van der Waals surface area contributed by atoms with Gasteiger partial charge in [0.1, 0.15) is 16.2 Å². The van der Waals surface area contributed by atoms with Crippen molar-refractivity contribution in [1.29, 1.82) is 0 Å². The Morgan fingerprint density at radius 3 is 2.81 bits per heavy atom. The molecule has 4 rings (SSSR count). The molecule has 1 aliphatic heterocycles. The topological polar surface area (TPSA) is 56.4 Å². The van der Waals surface area contributed by atoms with Crippen LogP contribution in [0, 0.1) is 4.64 Å². The minimum Gasteiger partial charge on any atom is -0.497 e. The van der Waals surface area contributed by atoms with Crippen molar-refractivity contribution in [2.75, 3.05) is 14.2 Å². The third-order valence-corrected chi connectivity index (χ3v) is 5.00. The molecule has 0 saturated carbocycles. The molecule has 132 valence electrons. The van der Waals surface area contributed by atoms with Crippen LogP contribution in [0.3, 0.4) is 0 Å². The number of H-pyrrole nitrogens is 1. The maximum absolute atomic E-state index is 6.11. The van der Waals surface area contributed by atoms with Crippen LogP contribution in [-0.2, 0) is 6.42 Å². The smallest absolute Gasteiger partial charge is 0.205 e. The van der Waals surface area contributed by atoms with Crippen molar-refractivity contribution in [3.8, 4) is 34.5 Å². The van der Waals surface area contributed by atoms with Gasteiger partial charge in [0.2, 0.25) is 5.88 Å². The molecule has 2 heterocycles. The van der Waals surface area contributed by atoms with Crippen LogP contribution in [0.4, 0.5) is 0 Å². The van der Waals surface area contributed by atoms with Gasteiger partial charge in [-0.25, -0.2) is 4.98 Å². The number of halogens is 1. The van der Waals surface area contributed by atoms with Crippen molar-refractivity contribution >= 4 is 28.1 Å². The Bertz CT molecular complexity index is 1070. The number of nitrogens with zero attached hydrogens (tertiary/aromatic N) is 1. The molecule has 1 N–H and O–H groups in total. The Hall–Kier alpha value is -2.38. The quantitative estimate of drug-likeness (QED) is 0.447. The molecule has 5 nitrogen and oxygen atoms in total. The van der Waals surface area contributed by atoms with Crippen molar-refractivity contribution in [3.63, 3.8) is 0 Å². The van der Waals surface area contributed by atoms with Crippen molar-refractivity contribution in [2.24, 2.45) is 0 Å². The summed E-state index contributed by atoms with van der Waals surface area (Å²) in [6.07, 6.45) is 0.626. The summed E-state index contributed by atoms with van der Waals surface area (Å²) < 4.78 is 18.3. The summed E-state index contributed by atoms with van der Waals surface area (Å²) in [6, 6.07) is 11.5. The number of aromatic amines is 1. The van der Waals surface area contributed by atoms with E-state index in [1.54, 1.807) is 14.2 Å². The van der Waals surface area contributed by atoms with E-state index in [1.807, 2.05) is 36.4 Å². The van der Waals surface area contributed by atoms with E-state index in [1.165, 1.54) is 0 Å². The van der Waals surface area contributed by atoms with Gasteiger partial charge < -0.3 is 19.2 Å². The SMILES string of the molecule is COc1cccc(-c2nc(=S)c3c([nH]2)Oc2c(cc(Br)cc2OC)C3)c1. The van der Waals surface area contributed by atoms with Crippen molar-refractivity contribution in [1.82, 2.24) is 9.97 Å². The van der Waals surface area contributed by atoms with Gasteiger partial charge >= 0.3 is 0 Å². The first-order chi connectivity index (χ1) is 12.6. The first-order valence-electron chi connectivity index (χ1n) is 7.91. The maximum atomic E-state index is 6.11. The number of rotatable bonds is 3. The molecule has 0 unspecified atom stereocenters. The average molecular weight is 431 g/mol. The number of nitrogens with one attached hydrogen (secondary N) is 1. The normalized spacial score (nSPS) is 12.0. The Labute approximate surface area is 164 Å². The van der Waals surface area contributed by atoms with E-state index in [0.29, 0.717) is 34.3 Å². The van der Waals surface area contributed by atoms with Crippen LogP contribution in [0.25, 0.3) is 11.4 Å². The minimum absolute atomic E-state index is 0.515. The molecule has 2 aromatic carbocycles. The molecular formula is C19H15BrN2O3S. The number of fused-ring (bicyclic) bond motifs is 2. The van der Waals surface area contributed by atoms with Gasteiger partial charge in [-0.05, 0) is 24.3 Å². The number of methoxy groups -OCH3 is 2. The zero-order valence-electron chi connectivity index (χ0n) is 14.1. The third-order valence-electron chi connectivity index (χ3n) is 4.21. The molecule has 0 atom stereocenters. The second-order valence-electron chi connectivity index (χ2n) is 5.81. The van der Waals surface area contributed by atoms with Gasteiger partial charge in [0, 0.05) is 22.0 Å². The molecule has 26 heavy (non-hydrogen) atoms. The van der Waals surface area contributed by atoms with E-state index in [2.05, 4.69) is 25.9 Å². The molecule has 1 aromatic heterocycles. The zero-order valence-corrected chi connectivity index (χ0v) is 16.5. The zero-order chi connectivity index (χ0) is 18.3. The number of ether oxygens (including phenoxy) is 3. The van der Waals surface area contributed by atoms with E-state index in [0.717, 1.165) is 26.9 Å². The lowest BCUT2D eigenvalue weighted by Crippen LogP contribution is -2.09. The van der Waals surface area contributed by atoms with Crippen LogP contribution in [0.2, 0.25) is 0 Å². The van der Waals surface area contributed by atoms with E-state index < -0.39 is 0 Å². The average Bonchev–Trinajstić information content (AvgIpc) is 2.66. The van der Waals surface area contributed by atoms with Gasteiger partial charge in [-0.1, -0.05) is 40.3 Å². The van der Waals surface area contributed by atoms with Gasteiger partial charge in [-0.3, -0.25) is 0 Å². The maximum Gasteiger partial charge on any atom is 0.205 e. The predicted molar refractivity (Wildman–Crippen MR) is 105 cm³/mol. The monoisotopic (exact) mass is 430 g/mol. The molecule has 0 radical (unpaired) electrons. The fourth-order valence-corrected chi connectivity index (χ4v) is 3.68. The second-order valence-corrected chi connectivity index (χ2v) is 7.11. The van der Waals surface area contributed by atoms with Gasteiger partial charge in [-0.15, -0.1) is 0 Å². The van der Waals surface area contributed by atoms with Crippen LogP contribution >= 0.6 is 28.1 Å². The number of hydrogen-bond donors (Lipinski definition) is 1. The third kappa shape index (κ3) is 2.97. The van der Waals surface area contributed by atoms with Crippen LogP contribution in [-0.4, -0.2) is 24.2 Å². The highest BCUT2D eigenvalue weighted by Gasteiger charge is 2.24. The lowest BCUT2D eigenvalue weighted by Gasteiger charge is -2.22. The molecule has 0 amide bonds. The Kier molecular flexibility index (Phi) is 4.42. The molecule has 3 aromatic rings. The van der Waals surface area contributed by atoms with E-state index >= 15 is 0 Å². The number of aromatic nitrogens is 2. The van der Waals surface area contributed by atoms with Crippen LogP contribution in [0.1, 0.15) is 11.1 Å². The molecule has 0 aliphatic carbocycles. The van der Waals surface area contributed by atoms with Crippen molar-refractivity contribution in [3.05, 3.63) is 56.6 Å². The van der Waals surface area contributed by atoms with Crippen LogP contribution in [0.5, 0.6) is 23.1 Å². The van der Waals surface area contributed by atoms with Crippen molar-refractivity contribution < 1.29 is 14.2 Å². The molecular weight excluding hydrogens is 416 g/mol. The van der Waals surface area contributed by atoms with Gasteiger partial charge in [0.05, 0.1) is 19.8 Å². The molecule has 7 heteroatoms. The number of hydrogen-bond acceptors (Lipinski definition) is 5. The number of benzene rings is 2. The first-order valence-corrected chi connectivity index (χ1v) is 9.11. The van der Waals surface area contributed by atoms with E-state index in [9.17, 15) is 0 Å². The predicted octanol–water partition coefficient (Wildman–Crippen LogP) is 5.28. The Morgan fingerprint density at radius 2 is 2.04 bits per heavy atom. The summed E-state index contributed by atoms with van der Waals surface area (Å²) >= 11 is 9.02. The summed E-state index contributed by atoms with van der Waals surface area (Å²) in [5.41, 5.74) is 2.73. The molecule has 0 spiro atoms. The van der Waals surface area contributed by atoms with Crippen LogP contribution < -0.4 is 14.2 Å². The molecule has 0 bridgehead atoms. The molecule has 0 fully saturated rings. The second kappa shape index (κ2) is 6.74. The Morgan fingerprint density at radius 1 is 1.19 bits per heavy atom. The Balaban J connectivity index is 1.82. The highest BCUT2D eigenvalue weighted by molar-refractivity contribution is 9.10. The first kappa shape index (κ1) is 17.1. The van der Waals surface area contributed by atoms with Gasteiger partial charge in [-0.2, -0.15) is 0 Å². The summed E-state index contributed by atoms with van der Waals surface area (Å²) in [4.78, 5) is 7.81. The lowest BCUT2D eigenvalue weighted by atomic mass is 10.0. The minimum atomic E-state index is 0.515. The molecule has 0 saturated heterocycles.